The summed E-state index contributed by atoms with van der Waals surface area (Å²) in [5.74, 6) is 2.29. The van der Waals surface area contributed by atoms with Gasteiger partial charge in [-0.25, -0.2) is 0 Å². The molecule has 2 aliphatic heterocycles. The van der Waals surface area contributed by atoms with Crippen molar-refractivity contribution in [1.29, 1.82) is 0 Å². The molecule has 0 fully saturated rings. The van der Waals surface area contributed by atoms with Gasteiger partial charge in [-0.05, 0) is 144 Å². The zero-order valence-electron chi connectivity index (χ0n) is 37.4. The van der Waals surface area contributed by atoms with E-state index in [0.717, 1.165) is 11.6 Å². The molecule has 8 heteroatoms. The summed E-state index contributed by atoms with van der Waals surface area (Å²) < 4.78 is 0. The molecule has 0 unspecified atom stereocenters. The molecule has 304 valence electrons. The van der Waals surface area contributed by atoms with Crippen molar-refractivity contribution in [2.24, 2.45) is 0 Å². The van der Waals surface area contributed by atoms with Gasteiger partial charge in [-0.15, -0.1) is 45.3 Å². The third-order valence-electron chi connectivity index (χ3n) is 11.4. The molecule has 0 aliphatic carbocycles. The van der Waals surface area contributed by atoms with Crippen LogP contribution >= 0.6 is 45.3 Å². The number of anilines is 8. The standard InChI is InChI=1S/C50H60N4S4/c1-29-25-33-34(26-30(29)2)52(42-22-18-38(56-42)48(8,9)10)45(51(33)41-21-17-37(55-41)47(5,6)7)46-53(43-23-19-39(57-43)49(11,12)13)35-27-31(3)32(4)28-36(35)54(46)44-24-20-40(58-44)50(14,15)16/h17-28H,1-16H3. The predicted molar refractivity (Wildman–Crippen MR) is 259 cm³/mol. The minimum absolute atomic E-state index is 0.0222. The fourth-order valence-corrected chi connectivity index (χ4v) is 12.0. The molecule has 58 heavy (non-hydrogen) atoms. The van der Waals surface area contributed by atoms with Gasteiger partial charge in [0.05, 0.1) is 22.7 Å². The van der Waals surface area contributed by atoms with Gasteiger partial charge in [0.15, 0.2) is 11.6 Å². The van der Waals surface area contributed by atoms with Crippen LogP contribution < -0.4 is 19.6 Å². The first-order valence-corrected chi connectivity index (χ1v) is 23.8. The summed E-state index contributed by atoms with van der Waals surface area (Å²) in [4.78, 5) is 15.9. The van der Waals surface area contributed by atoms with E-state index in [0.29, 0.717) is 0 Å². The monoisotopic (exact) mass is 844 g/mol. The molecule has 0 saturated carbocycles. The van der Waals surface area contributed by atoms with Crippen LogP contribution in [-0.2, 0) is 21.7 Å². The lowest BCUT2D eigenvalue weighted by atomic mass is 9.95. The molecule has 4 aromatic heterocycles. The van der Waals surface area contributed by atoms with E-state index in [1.807, 2.05) is 45.3 Å². The van der Waals surface area contributed by atoms with Gasteiger partial charge in [0.25, 0.3) is 0 Å². The SMILES string of the molecule is Cc1cc2c(cc1C)N(c1ccc(C(C)(C)C)s1)C(=C1N(c3ccc(C(C)(C)C)s3)c3cc(C)c(C)cc3N1c1ccc(C(C)(C)C)s1)N2c1ccc(C(C)(C)C)s1. The van der Waals surface area contributed by atoms with Crippen LogP contribution in [0.25, 0.3) is 0 Å². The Hall–Kier alpha value is -3.82. The Morgan fingerprint density at radius 2 is 0.500 bits per heavy atom. The number of hydrogen-bond acceptors (Lipinski definition) is 8. The third kappa shape index (κ3) is 6.96. The Morgan fingerprint density at radius 3 is 0.655 bits per heavy atom. The summed E-state index contributed by atoms with van der Waals surface area (Å²) >= 11 is 7.66. The highest BCUT2D eigenvalue weighted by molar-refractivity contribution is 7.17. The fourth-order valence-electron chi connectivity index (χ4n) is 7.64. The Labute approximate surface area is 364 Å². The molecule has 6 heterocycles. The molecule has 2 aromatic carbocycles. The van der Waals surface area contributed by atoms with E-state index in [4.69, 9.17) is 0 Å². The highest BCUT2D eigenvalue weighted by atomic mass is 32.1. The molecule has 0 N–H and O–H groups in total. The molecule has 6 aromatic rings. The molecule has 0 saturated heterocycles. The van der Waals surface area contributed by atoms with Crippen molar-refractivity contribution < 1.29 is 0 Å². The van der Waals surface area contributed by atoms with Crippen molar-refractivity contribution in [3.8, 4) is 0 Å². The van der Waals surface area contributed by atoms with E-state index in [1.165, 1.54) is 84.5 Å². The Balaban J connectivity index is 1.55. The zero-order chi connectivity index (χ0) is 42.0. The van der Waals surface area contributed by atoms with Crippen molar-refractivity contribution in [3.63, 3.8) is 0 Å². The van der Waals surface area contributed by atoms with Crippen molar-refractivity contribution in [2.75, 3.05) is 19.6 Å². The molecule has 0 atom stereocenters. The summed E-state index contributed by atoms with van der Waals surface area (Å²) in [7, 11) is 0. The van der Waals surface area contributed by atoms with Crippen LogP contribution in [-0.4, -0.2) is 0 Å². The summed E-state index contributed by atoms with van der Waals surface area (Å²) in [6.45, 7) is 37.0. The van der Waals surface area contributed by atoms with Crippen LogP contribution in [0.1, 0.15) is 125 Å². The van der Waals surface area contributed by atoms with Gasteiger partial charge < -0.3 is 0 Å². The summed E-state index contributed by atoms with van der Waals surface area (Å²) in [6, 6.07) is 28.6. The third-order valence-corrected chi connectivity index (χ3v) is 17.4. The molecule has 8 rings (SSSR count). The first-order chi connectivity index (χ1) is 26.9. The van der Waals surface area contributed by atoms with Gasteiger partial charge in [-0.1, -0.05) is 83.1 Å². The van der Waals surface area contributed by atoms with Gasteiger partial charge >= 0.3 is 0 Å². The van der Waals surface area contributed by atoms with Crippen molar-refractivity contribution in [1.82, 2.24) is 0 Å². The van der Waals surface area contributed by atoms with Crippen LogP contribution in [0.2, 0.25) is 0 Å². The number of fused-ring (bicyclic) bond motifs is 2. The maximum absolute atomic E-state index is 2.59. The topological polar surface area (TPSA) is 13.0 Å². The van der Waals surface area contributed by atoms with Gasteiger partial charge in [0, 0.05) is 19.5 Å². The number of thiophene rings is 4. The van der Waals surface area contributed by atoms with Crippen molar-refractivity contribution in [3.05, 3.63) is 126 Å². The highest BCUT2D eigenvalue weighted by Crippen LogP contribution is 2.61. The first kappa shape index (κ1) is 40.9. The number of rotatable bonds is 4. The quantitative estimate of drug-likeness (QED) is 0.175. The Kier molecular flexibility index (Phi) is 9.79. The van der Waals surface area contributed by atoms with E-state index in [2.05, 4.69) is 203 Å². The normalized spacial score (nSPS) is 15.0. The smallest absolute Gasteiger partial charge is 0.167 e. The van der Waals surface area contributed by atoms with Crippen LogP contribution in [0.5, 0.6) is 0 Å². The second-order valence-corrected chi connectivity index (χ2v) is 24.6. The van der Waals surface area contributed by atoms with Crippen molar-refractivity contribution >= 4 is 88.1 Å². The maximum atomic E-state index is 2.59. The number of nitrogens with zero attached hydrogens (tertiary/aromatic N) is 4. The van der Waals surface area contributed by atoms with Gasteiger partial charge in [-0.3, -0.25) is 19.6 Å². The summed E-state index contributed by atoms with van der Waals surface area (Å²) in [6.07, 6.45) is 0. The van der Waals surface area contributed by atoms with Crippen LogP contribution in [0, 0.1) is 27.7 Å². The average Bonchev–Trinajstić information content (AvgIpc) is 3.94. The fraction of sp³-hybridized carbons (Fsp3) is 0.400. The molecule has 0 spiro atoms. The van der Waals surface area contributed by atoms with Gasteiger partial charge in [0.1, 0.15) is 20.0 Å². The molecule has 2 aliphatic rings. The van der Waals surface area contributed by atoms with E-state index >= 15 is 0 Å². The minimum atomic E-state index is 0.0222. The predicted octanol–water partition coefficient (Wildman–Crippen LogP) is 16.8. The Morgan fingerprint density at radius 1 is 0.310 bits per heavy atom. The number of hydrogen-bond donors (Lipinski definition) is 0. The van der Waals surface area contributed by atoms with E-state index in [9.17, 15) is 0 Å². The summed E-state index contributed by atoms with van der Waals surface area (Å²) in [5, 5.41) is 4.88. The largest absolute Gasteiger partial charge is 0.282 e. The molecule has 0 amide bonds. The highest BCUT2D eigenvalue weighted by Gasteiger charge is 2.46. The van der Waals surface area contributed by atoms with Gasteiger partial charge in [-0.2, -0.15) is 0 Å². The summed E-state index contributed by atoms with van der Waals surface area (Å²) in [5.41, 5.74) is 10.1. The molecular weight excluding hydrogens is 785 g/mol. The molecule has 0 radical (unpaired) electrons. The van der Waals surface area contributed by atoms with Crippen LogP contribution in [0.4, 0.5) is 42.8 Å². The number of aryl methyl sites for hydroxylation is 4. The van der Waals surface area contributed by atoms with Crippen molar-refractivity contribution in [2.45, 2.75) is 132 Å². The second kappa shape index (κ2) is 13.9. The minimum Gasteiger partial charge on any atom is -0.282 e. The zero-order valence-corrected chi connectivity index (χ0v) is 40.6. The lowest BCUT2D eigenvalue weighted by molar-refractivity contribution is 0.603. The second-order valence-electron chi connectivity index (χ2n) is 20.4. The lowest BCUT2D eigenvalue weighted by Gasteiger charge is -2.32. The molecule has 4 nitrogen and oxygen atoms in total. The molecule has 0 bridgehead atoms. The van der Waals surface area contributed by atoms with Crippen LogP contribution in [0.3, 0.4) is 0 Å². The van der Waals surface area contributed by atoms with E-state index < -0.39 is 0 Å². The number of benzene rings is 2. The molecular formula is C50H60N4S4. The lowest BCUT2D eigenvalue weighted by Crippen LogP contribution is -2.32. The van der Waals surface area contributed by atoms with Crippen LogP contribution in [0.15, 0.2) is 84.4 Å². The first-order valence-electron chi connectivity index (χ1n) is 20.5. The maximum Gasteiger partial charge on any atom is 0.167 e. The van der Waals surface area contributed by atoms with E-state index in [1.54, 1.807) is 0 Å². The van der Waals surface area contributed by atoms with E-state index in [-0.39, 0.29) is 21.7 Å². The Bertz CT molecular complexity index is 2230. The average molecular weight is 845 g/mol. The van der Waals surface area contributed by atoms with Gasteiger partial charge in [0.2, 0.25) is 0 Å².